The minimum absolute atomic E-state index is 0.162. The summed E-state index contributed by atoms with van der Waals surface area (Å²) in [5.41, 5.74) is 2.34. The van der Waals surface area contributed by atoms with Crippen molar-refractivity contribution >= 4 is 5.91 Å². The van der Waals surface area contributed by atoms with Crippen molar-refractivity contribution in [2.75, 3.05) is 7.11 Å². The minimum Gasteiger partial charge on any atom is -0.495 e. The highest BCUT2D eigenvalue weighted by atomic mass is 16.5. The molecule has 3 rings (SSSR count). The van der Waals surface area contributed by atoms with Gasteiger partial charge in [0, 0.05) is 12.7 Å². The van der Waals surface area contributed by atoms with E-state index in [1.165, 1.54) is 0 Å². The Kier molecular flexibility index (Phi) is 5.79. The molecule has 0 bridgehead atoms. The first-order valence-electron chi connectivity index (χ1n) is 9.48. The van der Waals surface area contributed by atoms with E-state index in [9.17, 15) is 9.90 Å². The standard InChI is InChI=1S/C20H28N4O3/c1-5-24-18(9-17(23-24)12(2)3)20(26)22-19(13-6-15(25)7-13)14-8-16(27-4)11-21-10-14/h8-13,15,19,25H,5-7H2,1-4H3,(H,22,26). The van der Waals surface area contributed by atoms with Crippen LogP contribution in [0.15, 0.2) is 24.5 Å². The fourth-order valence-corrected chi connectivity index (χ4v) is 3.45. The van der Waals surface area contributed by atoms with Gasteiger partial charge in [-0.05, 0) is 49.3 Å². The van der Waals surface area contributed by atoms with Gasteiger partial charge in [0.1, 0.15) is 11.4 Å². The maximum Gasteiger partial charge on any atom is 0.270 e. The quantitative estimate of drug-likeness (QED) is 0.780. The fourth-order valence-electron chi connectivity index (χ4n) is 3.45. The molecular formula is C20H28N4O3. The van der Waals surface area contributed by atoms with E-state index >= 15 is 0 Å². The highest BCUT2D eigenvalue weighted by Gasteiger charge is 2.36. The molecule has 2 aromatic heterocycles. The maximum atomic E-state index is 13.0. The van der Waals surface area contributed by atoms with Gasteiger partial charge in [0.05, 0.1) is 31.1 Å². The Bertz CT molecular complexity index is 796. The highest BCUT2D eigenvalue weighted by molar-refractivity contribution is 5.93. The summed E-state index contributed by atoms with van der Waals surface area (Å²) in [6.07, 6.45) is 4.40. The molecule has 1 aliphatic rings. The largest absolute Gasteiger partial charge is 0.495 e. The number of nitrogens with one attached hydrogen (secondary N) is 1. The Morgan fingerprint density at radius 3 is 2.70 bits per heavy atom. The van der Waals surface area contributed by atoms with E-state index in [1.807, 2.05) is 19.1 Å². The van der Waals surface area contributed by atoms with Gasteiger partial charge >= 0.3 is 0 Å². The van der Waals surface area contributed by atoms with Crippen LogP contribution in [0.2, 0.25) is 0 Å². The number of aryl methyl sites for hydroxylation is 1. The molecule has 1 amide bonds. The monoisotopic (exact) mass is 372 g/mol. The van der Waals surface area contributed by atoms with Crippen molar-refractivity contribution < 1.29 is 14.6 Å². The molecule has 0 aliphatic heterocycles. The second kappa shape index (κ2) is 8.08. The number of aliphatic hydroxyl groups is 1. The van der Waals surface area contributed by atoms with E-state index in [1.54, 1.807) is 24.2 Å². The first-order chi connectivity index (χ1) is 12.9. The second-order valence-corrected chi connectivity index (χ2v) is 7.42. The molecule has 7 nitrogen and oxygen atoms in total. The van der Waals surface area contributed by atoms with Crippen LogP contribution in [0.3, 0.4) is 0 Å². The summed E-state index contributed by atoms with van der Waals surface area (Å²) >= 11 is 0. The number of ether oxygens (including phenoxy) is 1. The fraction of sp³-hybridized carbons (Fsp3) is 0.550. The lowest BCUT2D eigenvalue weighted by Gasteiger charge is -2.38. The third-order valence-electron chi connectivity index (χ3n) is 5.16. The Morgan fingerprint density at radius 2 is 2.11 bits per heavy atom. The lowest BCUT2D eigenvalue weighted by Crippen LogP contribution is -2.42. The van der Waals surface area contributed by atoms with Crippen molar-refractivity contribution in [3.8, 4) is 5.75 Å². The van der Waals surface area contributed by atoms with Gasteiger partial charge in [-0.1, -0.05) is 13.8 Å². The predicted molar refractivity (Wildman–Crippen MR) is 102 cm³/mol. The molecular weight excluding hydrogens is 344 g/mol. The zero-order chi connectivity index (χ0) is 19.6. The molecule has 0 saturated heterocycles. The summed E-state index contributed by atoms with van der Waals surface area (Å²) in [5, 5.41) is 17.4. The molecule has 27 heavy (non-hydrogen) atoms. The van der Waals surface area contributed by atoms with Crippen molar-refractivity contribution in [1.29, 1.82) is 0 Å². The van der Waals surface area contributed by atoms with Gasteiger partial charge in [-0.15, -0.1) is 0 Å². The molecule has 1 fully saturated rings. The van der Waals surface area contributed by atoms with Gasteiger partial charge in [0.15, 0.2) is 0 Å². The Balaban J connectivity index is 1.87. The number of pyridine rings is 1. The molecule has 2 heterocycles. The number of aromatic nitrogens is 3. The number of hydrogen-bond acceptors (Lipinski definition) is 5. The summed E-state index contributed by atoms with van der Waals surface area (Å²) in [4.78, 5) is 17.3. The van der Waals surface area contributed by atoms with Gasteiger partial charge in [0.2, 0.25) is 0 Å². The van der Waals surface area contributed by atoms with Crippen molar-refractivity contribution in [1.82, 2.24) is 20.1 Å². The molecule has 2 N–H and O–H groups in total. The van der Waals surface area contributed by atoms with Crippen LogP contribution in [-0.4, -0.2) is 39.0 Å². The first-order valence-corrected chi connectivity index (χ1v) is 9.48. The van der Waals surface area contributed by atoms with Crippen LogP contribution in [0.4, 0.5) is 0 Å². The van der Waals surface area contributed by atoms with Gasteiger partial charge in [-0.3, -0.25) is 14.5 Å². The molecule has 146 valence electrons. The number of nitrogens with zero attached hydrogens (tertiary/aromatic N) is 3. The number of hydrogen-bond donors (Lipinski definition) is 2. The average molecular weight is 372 g/mol. The van der Waals surface area contributed by atoms with Gasteiger partial charge < -0.3 is 15.2 Å². The Labute approximate surface area is 159 Å². The smallest absolute Gasteiger partial charge is 0.270 e. The second-order valence-electron chi connectivity index (χ2n) is 7.42. The van der Waals surface area contributed by atoms with Gasteiger partial charge in [0.25, 0.3) is 5.91 Å². The topological polar surface area (TPSA) is 89.3 Å². The van der Waals surface area contributed by atoms with Crippen LogP contribution >= 0.6 is 0 Å². The number of carbonyl (C=O) groups excluding carboxylic acids is 1. The van der Waals surface area contributed by atoms with Crippen molar-refractivity contribution in [3.63, 3.8) is 0 Å². The molecule has 1 saturated carbocycles. The lowest BCUT2D eigenvalue weighted by molar-refractivity contribution is 0.0233. The molecule has 0 radical (unpaired) electrons. The van der Waals surface area contributed by atoms with E-state index in [0.29, 0.717) is 30.8 Å². The van der Waals surface area contributed by atoms with Crippen LogP contribution in [0.1, 0.15) is 67.3 Å². The summed E-state index contributed by atoms with van der Waals surface area (Å²) in [6.45, 7) is 6.72. The third-order valence-corrected chi connectivity index (χ3v) is 5.16. The highest BCUT2D eigenvalue weighted by Crippen LogP contribution is 2.38. The van der Waals surface area contributed by atoms with Crippen molar-refractivity contribution in [2.24, 2.45) is 5.92 Å². The Hall–Kier alpha value is -2.41. The summed E-state index contributed by atoms with van der Waals surface area (Å²) in [5.74, 6) is 0.905. The average Bonchev–Trinajstić information content (AvgIpc) is 3.08. The maximum absolute atomic E-state index is 13.0. The first kappa shape index (κ1) is 19.4. The molecule has 1 atom stereocenters. The number of methoxy groups -OCH3 is 1. The third kappa shape index (κ3) is 4.13. The zero-order valence-corrected chi connectivity index (χ0v) is 16.3. The molecule has 0 aromatic carbocycles. The van der Waals surface area contributed by atoms with Crippen LogP contribution in [-0.2, 0) is 6.54 Å². The van der Waals surface area contributed by atoms with Crippen LogP contribution in [0.5, 0.6) is 5.75 Å². The van der Waals surface area contributed by atoms with E-state index in [0.717, 1.165) is 11.3 Å². The molecule has 1 aliphatic carbocycles. The number of rotatable bonds is 7. The van der Waals surface area contributed by atoms with E-state index < -0.39 is 0 Å². The number of amides is 1. The van der Waals surface area contributed by atoms with Gasteiger partial charge in [-0.25, -0.2) is 0 Å². The van der Waals surface area contributed by atoms with Crippen LogP contribution < -0.4 is 10.1 Å². The normalized spacial score (nSPS) is 20.2. The van der Waals surface area contributed by atoms with E-state index in [-0.39, 0.29) is 29.9 Å². The van der Waals surface area contributed by atoms with Crippen molar-refractivity contribution in [2.45, 2.75) is 58.2 Å². The SMILES string of the molecule is CCn1nc(C(C)C)cc1C(=O)NC(c1cncc(OC)c1)C1CC(O)C1. The summed E-state index contributed by atoms with van der Waals surface area (Å²) < 4.78 is 7.01. The number of aliphatic hydroxyl groups excluding tert-OH is 1. The summed E-state index contributed by atoms with van der Waals surface area (Å²) in [7, 11) is 1.59. The lowest BCUT2D eigenvalue weighted by atomic mass is 9.75. The number of carbonyl (C=O) groups is 1. The van der Waals surface area contributed by atoms with Gasteiger partial charge in [-0.2, -0.15) is 5.10 Å². The van der Waals surface area contributed by atoms with Crippen LogP contribution in [0, 0.1) is 5.92 Å². The minimum atomic E-state index is -0.304. The van der Waals surface area contributed by atoms with Crippen LogP contribution in [0.25, 0.3) is 0 Å². The van der Waals surface area contributed by atoms with E-state index in [2.05, 4.69) is 29.2 Å². The molecule has 7 heteroatoms. The predicted octanol–water partition coefficient (Wildman–Crippen LogP) is 2.67. The van der Waals surface area contributed by atoms with Crippen molar-refractivity contribution in [3.05, 3.63) is 41.5 Å². The Morgan fingerprint density at radius 1 is 1.37 bits per heavy atom. The molecule has 0 spiro atoms. The zero-order valence-electron chi connectivity index (χ0n) is 16.3. The van der Waals surface area contributed by atoms with E-state index in [4.69, 9.17) is 4.74 Å². The molecule has 1 unspecified atom stereocenters. The molecule has 2 aromatic rings. The summed E-state index contributed by atoms with van der Waals surface area (Å²) in [6, 6.07) is 3.52.